The van der Waals surface area contributed by atoms with E-state index in [9.17, 15) is 27.2 Å². The third-order valence-electron chi connectivity index (χ3n) is 8.72. The Hall–Kier alpha value is -6.26. The number of benzene rings is 3. The molecule has 6 rings (SSSR count). The number of anilines is 4. The molecule has 3 aromatic carbocycles. The number of carbonyl (C=O) groups is 3. The molecule has 4 amide bonds. The minimum absolute atomic E-state index is 0.0190. The van der Waals surface area contributed by atoms with Gasteiger partial charge in [0, 0.05) is 56.9 Å². The zero-order valence-corrected chi connectivity index (χ0v) is 31.1. The molecule has 16 heteroatoms. The third kappa shape index (κ3) is 8.77. The van der Waals surface area contributed by atoms with Gasteiger partial charge in [0.05, 0.1) is 5.69 Å². The number of imide groups is 1. The van der Waals surface area contributed by atoms with Crippen molar-refractivity contribution in [1.29, 1.82) is 0 Å². The molecule has 1 aliphatic heterocycles. The summed E-state index contributed by atoms with van der Waals surface area (Å²) in [4.78, 5) is 51.5. The first-order valence-corrected chi connectivity index (χ1v) is 18.5. The molecule has 0 radical (unpaired) electrons. The number of carbonyl (C=O) groups excluding carboxylic acids is 3. The maximum atomic E-state index is 15.3. The second-order valence-corrected chi connectivity index (χ2v) is 15.3. The van der Waals surface area contributed by atoms with Crippen molar-refractivity contribution in [3.05, 3.63) is 126 Å². The highest BCUT2D eigenvalue weighted by atomic mass is 32.2. The number of urea groups is 1. The Morgan fingerprint density at radius 2 is 1.60 bits per heavy atom. The molecule has 0 aliphatic carbocycles. The Kier molecular flexibility index (Phi) is 11.2. The standard InChI is InChI=1S/C39H37F2N7O6S/c1-24(2)47-23-32(38(50)48(39(47)51)29-12-7-26(8-13-29)19-25-5-9-27(40)10-6-25)37(49)44-28-11-15-34(33(41)20-28)54-30-17-18-42-36(21-30)45-35-16-14-31(22-43-35)55(52,53)46(3)4/h5-18,20-22,24,32H,19,23H2,1-4H3,(H,44,49)(H,42,43,45). The molecule has 1 saturated heterocycles. The molecule has 55 heavy (non-hydrogen) atoms. The summed E-state index contributed by atoms with van der Waals surface area (Å²) in [5, 5.41) is 5.54. The summed E-state index contributed by atoms with van der Waals surface area (Å²) in [6, 6.07) is 21.6. The van der Waals surface area contributed by atoms with Crippen LogP contribution in [0.1, 0.15) is 25.0 Å². The number of hydrogen-bond donors (Lipinski definition) is 2. The van der Waals surface area contributed by atoms with Crippen molar-refractivity contribution >= 4 is 50.9 Å². The summed E-state index contributed by atoms with van der Waals surface area (Å²) in [7, 11) is -0.811. The van der Waals surface area contributed by atoms with Crippen molar-refractivity contribution in [2.24, 2.45) is 5.92 Å². The Morgan fingerprint density at radius 3 is 2.22 bits per heavy atom. The van der Waals surface area contributed by atoms with Crippen LogP contribution in [0.2, 0.25) is 0 Å². The lowest BCUT2D eigenvalue weighted by atomic mass is 10.0. The van der Waals surface area contributed by atoms with E-state index in [4.69, 9.17) is 4.74 Å². The van der Waals surface area contributed by atoms with Crippen LogP contribution in [0, 0.1) is 17.6 Å². The molecule has 3 heterocycles. The van der Waals surface area contributed by atoms with Gasteiger partial charge >= 0.3 is 6.03 Å². The van der Waals surface area contributed by atoms with E-state index in [0.717, 1.165) is 26.4 Å². The van der Waals surface area contributed by atoms with Gasteiger partial charge in [-0.3, -0.25) is 9.59 Å². The predicted molar refractivity (Wildman–Crippen MR) is 202 cm³/mol. The summed E-state index contributed by atoms with van der Waals surface area (Å²) in [6.07, 6.45) is 3.15. The lowest BCUT2D eigenvalue weighted by Crippen LogP contribution is -2.61. The van der Waals surface area contributed by atoms with E-state index in [2.05, 4.69) is 20.6 Å². The molecule has 1 aliphatic rings. The summed E-state index contributed by atoms with van der Waals surface area (Å²) in [5.74, 6) is -3.22. The number of hydrogen-bond acceptors (Lipinski definition) is 9. The first-order chi connectivity index (χ1) is 26.2. The summed E-state index contributed by atoms with van der Waals surface area (Å²) >= 11 is 0. The third-order valence-corrected chi connectivity index (χ3v) is 10.5. The molecule has 13 nitrogen and oxygen atoms in total. The zero-order valence-electron chi connectivity index (χ0n) is 30.2. The number of amides is 4. The van der Waals surface area contributed by atoms with Gasteiger partial charge in [-0.15, -0.1) is 0 Å². The highest BCUT2D eigenvalue weighted by molar-refractivity contribution is 7.89. The van der Waals surface area contributed by atoms with Crippen molar-refractivity contribution in [2.45, 2.75) is 31.2 Å². The molecule has 0 spiro atoms. The lowest BCUT2D eigenvalue weighted by Gasteiger charge is -2.40. The fourth-order valence-corrected chi connectivity index (χ4v) is 6.55. The van der Waals surface area contributed by atoms with Gasteiger partial charge in [-0.05, 0) is 86.0 Å². The Labute approximate surface area is 316 Å². The molecule has 1 fully saturated rings. The molecule has 0 saturated carbocycles. The summed E-state index contributed by atoms with van der Waals surface area (Å²) < 4.78 is 60.1. The topological polar surface area (TPSA) is 154 Å². The minimum Gasteiger partial charge on any atom is -0.454 e. The van der Waals surface area contributed by atoms with Gasteiger partial charge in [-0.2, -0.15) is 0 Å². The molecule has 1 atom stereocenters. The first-order valence-electron chi connectivity index (χ1n) is 17.1. The van der Waals surface area contributed by atoms with Gasteiger partial charge < -0.3 is 20.3 Å². The maximum Gasteiger partial charge on any atom is 0.331 e. The summed E-state index contributed by atoms with van der Waals surface area (Å²) in [5.41, 5.74) is 2.11. The Balaban J connectivity index is 1.12. The van der Waals surface area contributed by atoms with Crippen LogP contribution < -0.4 is 20.3 Å². The average molecular weight is 770 g/mol. The van der Waals surface area contributed by atoms with E-state index in [1.807, 2.05) is 0 Å². The number of rotatable bonds is 12. The Bertz CT molecular complexity index is 2330. The number of sulfonamides is 1. The normalized spacial score (nSPS) is 14.7. The number of nitrogens with zero attached hydrogens (tertiary/aromatic N) is 5. The van der Waals surface area contributed by atoms with E-state index >= 15 is 4.39 Å². The van der Waals surface area contributed by atoms with Crippen molar-refractivity contribution in [1.82, 2.24) is 19.2 Å². The van der Waals surface area contributed by atoms with Crippen LogP contribution in [0.25, 0.3) is 0 Å². The van der Waals surface area contributed by atoms with Gasteiger partial charge in [0.25, 0.3) is 0 Å². The van der Waals surface area contributed by atoms with E-state index < -0.39 is 39.6 Å². The monoisotopic (exact) mass is 769 g/mol. The molecule has 2 N–H and O–H groups in total. The van der Waals surface area contributed by atoms with Crippen LogP contribution in [0.5, 0.6) is 11.5 Å². The molecule has 0 bridgehead atoms. The number of pyridine rings is 2. The van der Waals surface area contributed by atoms with E-state index in [1.165, 1.54) is 79.9 Å². The van der Waals surface area contributed by atoms with Crippen LogP contribution >= 0.6 is 0 Å². The quantitative estimate of drug-likeness (QED) is 0.134. The van der Waals surface area contributed by atoms with Crippen molar-refractivity contribution in [3.8, 4) is 11.5 Å². The number of ether oxygens (including phenoxy) is 1. The SMILES string of the molecule is CC(C)N1CC(C(=O)Nc2ccc(Oc3ccnc(Nc4ccc(S(=O)(=O)N(C)C)cn4)c3)c(F)c2)C(=O)N(c2ccc(Cc3ccc(F)cc3)cc2)C1=O. The van der Waals surface area contributed by atoms with Gasteiger partial charge in [-0.25, -0.2) is 41.2 Å². The zero-order chi connectivity index (χ0) is 39.4. The number of aromatic nitrogens is 2. The number of halogens is 2. The van der Waals surface area contributed by atoms with Crippen LogP contribution in [-0.2, 0) is 26.0 Å². The van der Waals surface area contributed by atoms with Crippen molar-refractivity contribution in [3.63, 3.8) is 0 Å². The highest BCUT2D eigenvalue weighted by Gasteiger charge is 2.44. The minimum atomic E-state index is -3.65. The fraction of sp³-hybridized carbons (Fsp3) is 0.205. The van der Waals surface area contributed by atoms with Crippen LogP contribution in [0.15, 0.2) is 108 Å². The van der Waals surface area contributed by atoms with Gasteiger partial charge in [0.2, 0.25) is 21.8 Å². The van der Waals surface area contributed by atoms with Gasteiger partial charge in [0.1, 0.15) is 34.0 Å². The number of nitrogens with one attached hydrogen (secondary N) is 2. The molecule has 2 aromatic heterocycles. The van der Waals surface area contributed by atoms with Crippen LogP contribution in [0.4, 0.5) is 36.6 Å². The van der Waals surface area contributed by atoms with E-state index in [0.29, 0.717) is 18.1 Å². The van der Waals surface area contributed by atoms with Crippen LogP contribution in [0.3, 0.4) is 0 Å². The van der Waals surface area contributed by atoms with E-state index in [-0.39, 0.29) is 46.2 Å². The molecular formula is C39H37F2N7O6S. The summed E-state index contributed by atoms with van der Waals surface area (Å²) in [6.45, 7) is 3.38. The highest BCUT2D eigenvalue weighted by Crippen LogP contribution is 2.30. The predicted octanol–water partition coefficient (Wildman–Crippen LogP) is 6.56. The average Bonchev–Trinajstić information content (AvgIpc) is 3.14. The smallest absolute Gasteiger partial charge is 0.331 e. The second-order valence-electron chi connectivity index (χ2n) is 13.1. The largest absolute Gasteiger partial charge is 0.454 e. The molecule has 284 valence electrons. The van der Waals surface area contributed by atoms with Gasteiger partial charge in [-0.1, -0.05) is 24.3 Å². The molecule has 5 aromatic rings. The molecule has 1 unspecified atom stereocenters. The van der Waals surface area contributed by atoms with E-state index in [1.54, 1.807) is 50.2 Å². The fourth-order valence-electron chi connectivity index (χ4n) is 5.71. The van der Waals surface area contributed by atoms with Crippen LogP contribution in [-0.4, -0.2) is 72.1 Å². The second kappa shape index (κ2) is 16.0. The Morgan fingerprint density at radius 1 is 0.909 bits per heavy atom. The maximum absolute atomic E-state index is 15.3. The molecular weight excluding hydrogens is 733 g/mol. The first kappa shape index (κ1) is 38.5. The lowest BCUT2D eigenvalue weighted by molar-refractivity contribution is -0.132. The van der Waals surface area contributed by atoms with Gasteiger partial charge in [0.15, 0.2) is 11.6 Å². The van der Waals surface area contributed by atoms with Crippen molar-refractivity contribution in [2.75, 3.05) is 36.2 Å². The van der Waals surface area contributed by atoms with Crippen molar-refractivity contribution < 1.29 is 36.3 Å².